The van der Waals surface area contributed by atoms with Crippen LogP contribution in [0.15, 0.2) is 54.9 Å². The zero-order valence-electron chi connectivity index (χ0n) is 18.2. The van der Waals surface area contributed by atoms with E-state index in [1.165, 1.54) is 11.6 Å². The molecule has 7 heteroatoms. The van der Waals surface area contributed by atoms with Gasteiger partial charge < -0.3 is 9.88 Å². The summed E-state index contributed by atoms with van der Waals surface area (Å²) in [5, 5.41) is 3.50. The number of carbonyl (C=O) groups excluding carboxylic acids is 1. The van der Waals surface area contributed by atoms with Gasteiger partial charge in [-0.3, -0.25) is 9.69 Å². The van der Waals surface area contributed by atoms with E-state index in [9.17, 15) is 9.18 Å². The molecule has 2 heterocycles. The van der Waals surface area contributed by atoms with Crippen LogP contribution in [0.3, 0.4) is 0 Å². The van der Waals surface area contributed by atoms with Gasteiger partial charge in [0, 0.05) is 49.2 Å². The summed E-state index contributed by atoms with van der Waals surface area (Å²) in [7, 11) is 0. The molecule has 0 saturated carbocycles. The van der Waals surface area contributed by atoms with E-state index in [-0.39, 0.29) is 17.6 Å². The minimum Gasteiger partial charge on any atom is -0.352 e. The molecule has 1 fully saturated rings. The van der Waals surface area contributed by atoms with Crippen molar-refractivity contribution in [3.05, 3.63) is 88.2 Å². The first-order valence-corrected chi connectivity index (χ1v) is 11.4. The lowest BCUT2D eigenvalue weighted by atomic mass is 9.96. The molecule has 32 heavy (non-hydrogen) atoms. The molecule has 0 aliphatic carbocycles. The number of nitrogens with one attached hydrogen (secondary N) is 1. The molecule has 168 valence electrons. The molecule has 0 spiro atoms. The highest BCUT2D eigenvalue weighted by Gasteiger charge is 2.26. The van der Waals surface area contributed by atoms with Gasteiger partial charge in [-0.1, -0.05) is 41.9 Å². The summed E-state index contributed by atoms with van der Waals surface area (Å²) >= 11 is 6.17. The smallest absolute Gasteiger partial charge is 0.224 e. The molecular formula is C25H28ClFN4O. The van der Waals surface area contributed by atoms with E-state index in [1.807, 2.05) is 13.1 Å². The Balaban J connectivity index is 1.28. The van der Waals surface area contributed by atoms with Gasteiger partial charge in [-0.15, -0.1) is 0 Å². The fourth-order valence-corrected chi connectivity index (χ4v) is 4.41. The van der Waals surface area contributed by atoms with Gasteiger partial charge in [0.1, 0.15) is 11.6 Å². The van der Waals surface area contributed by atoms with E-state index in [0.717, 1.165) is 37.3 Å². The first kappa shape index (κ1) is 22.5. The van der Waals surface area contributed by atoms with Crippen LogP contribution in [-0.4, -0.2) is 33.4 Å². The fraction of sp³-hybridized carbons (Fsp3) is 0.360. The van der Waals surface area contributed by atoms with Crippen LogP contribution in [0, 0.1) is 18.7 Å². The first-order valence-electron chi connectivity index (χ1n) is 11.0. The van der Waals surface area contributed by atoms with Crippen molar-refractivity contribution in [3.63, 3.8) is 0 Å². The molecule has 1 aromatic heterocycles. The zero-order valence-corrected chi connectivity index (χ0v) is 19.0. The fourth-order valence-electron chi connectivity index (χ4n) is 4.18. The maximum atomic E-state index is 14.1. The number of carbonyl (C=O) groups is 1. The summed E-state index contributed by atoms with van der Waals surface area (Å²) in [4.78, 5) is 19.1. The van der Waals surface area contributed by atoms with Gasteiger partial charge in [0.2, 0.25) is 5.91 Å². The summed E-state index contributed by atoms with van der Waals surface area (Å²) in [6.07, 6.45) is 5.52. The Morgan fingerprint density at radius 2 is 1.97 bits per heavy atom. The molecule has 1 N–H and O–H groups in total. The second-order valence-corrected chi connectivity index (χ2v) is 8.82. The third kappa shape index (κ3) is 5.56. The van der Waals surface area contributed by atoms with E-state index in [0.29, 0.717) is 30.2 Å². The molecule has 0 radical (unpaired) electrons. The van der Waals surface area contributed by atoms with E-state index >= 15 is 0 Å². The second kappa shape index (κ2) is 10.3. The van der Waals surface area contributed by atoms with E-state index < -0.39 is 0 Å². The average Bonchev–Trinajstić information content (AvgIpc) is 3.20. The number of hydrogen-bond donors (Lipinski definition) is 1. The van der Waals surface area contributed by atoms with Crippen molar-refractivity contribution in [2.24, 2.45) is 5.92 Å². The SMILES string of the molecule is Cc1nccn1Cc1ccc(CNC(=O)C2CCCN(Cc3c(F)cccc3Cl)C2)cc1. The Morgan fingerprint density at radius 1 is 1.19 bits per heavy atom. The third-order valence-electron chi connectivity index (χ3n) is 6.09. The van der Waals surface area contributed by atoms with E-state index in [1.54, 1.807) is 18.3 Å². The number of benzene rings is 2. The van der Waals surface area contributed by atoms with Gasteiger partial charge in [0.15, 0.2) is 0 Å². The summed E-state index contributed by atoms with van der Waals surface area (Å²) in [5.74, 6) is 0.640. The lowest BCUT2D eigenvalue weighted by Crippen LogP contribution is -2.42. The van der Waals surface area contributed by atoms with Crippen molar-refractivity contribution in [2.45, 2.75) is 39.4 Å². The highest BCUT2D eigenvalue weighted by atomic mass is 35.5. The van der Waals surface area contributed by atoms with Crippen LogP contribution in [0.4, 0.5) is 4.39 Å². The minimum atomic E-state index is -0.296. The molecule has 2 aromatic carbocycles. The number of rotatable bonds is 7. The van der Waals surface area contributed by atoms with Crippen LogP contribution in [0.25, 0.3) is 0 Å². The van der Waals surface area contributed by atoms with Gasteiger partial charge in [-0.2, -0.15) is 0 Å². The predicted octanol–water partition coefficient (Wildman–Crippen LogP) is 4.56. The molecule has 1 aliphatic rings. The molecule has 1 atom stereocenters. The lowest BCUT2D eigenvalue weighted by molar-refractivity contribution is -0.126. The third-order valence-corrected chi connectivity index (χ3v) is 6.44. The van der Waals surface area contributed by atoms with Gasteiger partial charge in [-0.05, 0) is 49.6 Å². The van der Waals surface area contributed by atoms with Gasteiger partial charge in [0.25, 0.3) is 0 Å². The molecule has 4 rings (SSSR count). The number of likely N-dealkylation sites (tertiary alicyclic amines) is 1. The zero-order chi connectivity index (χ0) is 22.5. The quantitative estimate of drug-likeness (QED) is 0.569. The van der Waals surface area contributed by atoms with Crippen molar-refractivity contribution in [3.8, 4) is 0 Å². The number of aromatic nitrogens is 2. The molecule has 1 saturated heterocycles. The van der Waals surface area contributed by atoms with Crippen LogP contribution in [0.2, 0.25) is 5.02 Å². The highest BCUT2D eigenvalue weighted by Crippen LogP contribution is 2.24. The van der Waals surface area contributed by atoms with E-state index in [2.05, 4.69) is 44.0 Å². The molecule has 3 aromatic rings. The van der Waals surface area contributed by atoms with Crippen molar-refractivity contribution < 1.29 is 9.18 Å². The standard InChI is InChI=1S/C25H28ClFN4O/c1-18-28-11-13-31(18)15-20-9-7-19(8-10-20)14-29-25(32)21-4-3-12-30(16-21)17-22-23(26)5-2-6-24(22)27/h2,5-11,13,21H,3-4,12,14-17H2,1H3,(H,29,32). The molecule has 1 amide bonds. The monoisotopic (exact) mass is 454 g/mol. The summed E-state index contributed by atoms with van der Waals surface area (Å²) in [6, 6.07) is 13.0. The highest BCUT2D eigenvalue weighted by molar-refractivity contribution is 6.31. The maximum Gasteiger partial charge on any atom is 0.224 e. The molecule has 0 bridgehead atoms. The Bertz CT molecular complexity index is 1050. The Labute approximate surface area is 193 Å². The minimum absolute atomic E-state index is 0.0486. The largest absolute Gasteiger partial charge is 0.352 e. The molecule has 5 nitrogen and oxygen atoms in total. The van der Waals surface area contributed by atoms with Gasteiger partial charge in [-0.25, -0.2) is 9.37 Å². The Hall–Kier alpha value is -2.70. The normalized spacial score (nSPS) is 16.8. The van der Waals surface area contributed by atoms with Crippen molar-refractivity contribution >= 4 is 17.5 Å². The van der Waals surface area contributed by atoms with Crippen LogP contribution >= 0.6 is 11.6 Å². The van der Waals surface area contributed by atoms with Crippen molar-refractivity contribution in [1.29, 1.82) is 0 Å². The number of imidazole rings is 1. The van der Waals surface area contributed by atoms with Crippen LogP contribution in [0.5, 0.6) is 0 Å². The van der Waals surface area contributed by atoms with Crippen LogP contribution in [0.1, 0.15) is 35.4 Å². The summed E-state index contributed by atoms with van der Waals surface area (Å²) < 4.78 is 16.2. The number of hydrogen-bond acceptors (Lipinski definition) is 3. The Kier molecular flexibility index (Phi) is 7.22. The summed E-state index contributed by atoms with van der Waals surface area (Å²) in [6.45, 7) is 5.14. The average molecular weight is 455 g/mol. The number of halogens is 2. The second-order valence-electron chi connectivity index (χ2n) is 8.41. The summed E-state index contributed by atoms with van der Waals surface area (Å²) in [5.41, 5.74) is 2.76. The topological polar surface area (TPSA) is 50.2 Å². The van der Waals surface area contributed by atoms with Crippen LogP contribution < -0.4 is 5.32 Å². The molecule has 1 unspecified atom stereocenters. The predicted molar refractivity (Wildman–Crippen MR) is 124 cm³/mol. The van der Waals surface area contributed by atoms with E-state index in [4.69, 9.17) is 11.6 Å². The lowest BCUT2D eigenvalue weighted by Gasteiger charge is -2.32. The molecular weight excluding hydrogens is 427 g/mol. The number of aryl methyl sites for hydroxylation is 1. The first-order chi connectivity index (χ1) is 15.5. The number of piperidine rings is 1. The van der Waals surface area contributed by atoms with Gasteiger partial charge >= 0.3 is 0 Å². The maximum absolute atomic E-state index is 14.1. The van der Waals surface area contributed by atoms with Gasteiger partial charge in [0.05, 0.1) is 5.92 Å². The number of nitrogens with zero attached hydrogens (tertiary/aromatic N) is 3. The molecule has 1 aliphatic heterocycles. The number of amides is 1. The van der Waals surface area contributed by atoms with Crippen LogP contribution in [-0.2, 0) is 24.4 Å². The Morgan fingerprint density at radius 3 is 2.69 bits per heavy atom. The van der Waals surface area contributed by atoms with Crippen molar-refractivity contribution in [1.82, 2.24) is 19.8 Å². The van der Waals surface area contributed by atoms with Crippen molar-refractivity contribution in [2.75, 3.05) is 13.1 Å².